The highest BCUT2D eigenvalue weighted by Crippen LogP contribution is 2.40. The number of rotatable bonds is 8. The molecule has 4 atom stereocenters. The number of aromatic nitrogens is 4. The van der Waals surface area contributed by atoms with Gasteiger partial charge in [0.2, 0.25) is 5.95 Å². The number of benzene rings is 2. The number of imidazole rings is 1. The van der Waals surface area contributed by atoms with E-state index in [1.165, 1.54) is 13.3 Å². The molecule has 0 saturated carbocycles. The summed E-state index contributed by atoms with van der Waals surface area (Å²) in [6.07, 6.45) is -1.11. The number of ether oxygens (including phenoxy) is 2. The Balaban J connectivity index is 1.53. The van der Waals surface area contributed by atoms with Gasteiger partial charge in [0.05, 0.1) is 31.6 Å². The van der Waals surface area contributed by atoms with Crippen molar-refractivity contribution in [3.8, 4) is 0 Å². The van der Waals surface area contributed by atoms with Crippen LogP contribution in [0.4, 0.5) is 11.8 Å². The van der Waals surface area contributed by atoms with Crippen LogP contribution in [-0.4, -0.2) is 64.3 Å². The van der Waals surface area contributed by atoms with E-state index in [0.29, 0.717) is 11.2 Å². The van der Waals surface area contributed by atoms with Gasteiger partial charge in [-0.1, -0.05) is 81.4 Å². The Kier molecular flexibility index (Phi) is 7.84. The number of hydrogen-bond acceptors (Lipinski definition) is 10. The summed E-state index contributed by atoms with van der Waals surface area (Å²) >= 11 is 0. The molecule has 11 nitrogen and oxygen atoms in total. The molecule has 5 rings (SSSR count). The first-order valence-corrected chi connectivity index (χ1v) is 15.4. The summed E-state index contributed by atoms with van der Waals surface area (Å²) in [7, 11) is -2.90. The lowest BCUT2D eigenvalue weighted by Gasteiger charge is -2.43. The lowest BCUT2D eigenvalue weighted by Crippen LogP contribution is -2.67. The zero-order valence-corrected chi connectivity index (χ0v) is 24.6. The summed E-state index contributed by atoms with van der Waals surface area (Å²) in [4.78, 5) is 24.3. The van der Waals surface area contributed by atoms with Crippen LogP contribution in [0.3, 0.4) is 0 Å². The number of nitrogens with zero attached hydrogens (tertiary/aromatic N) is 4. The topological polar surface area (TPSA) is 161 Å². The van der Waals surface area contributed by atoms with Crippen LogP contribution in [0.15, 0.2) is 67.0 Å². The van der Waals surface area contributed by atoms with E-state index < -0.39 is 38.6 Å². The summed E-state index contributed by atoms with van der Waals surface area (Å²) in [5.41, 5.74) is 12.5. The van der Waals surface area contributed by atoms with Crippen molar-refractivity contribution >= 4 is 47.6 Å². The molecular weight excluding hydrogens is 540 g/mol. The molecule has 1 aliphatic rings. The quantitative estimate of drug-likeness (QED) is 0.209. The summed E-state index contributed by atoms with van der Waals surface area (Å²) < 4.78 is 20.5. The summed E-state index contributed by atoms with van der Waals surface area (Å²) in [5, 5.41) is 13.5. The average Bonchev–Trinajstić information content (AvgIpc) is 3.48. The molecular formula is C29H36N6O5Si. The van der Waals surface area contributed by atoms with E-state index >= 15 is 0 Å². The number of hydrogen-bond donors (Lipinski definition) is 3. The minimum Gasteiger partial charge on any atom is -0.465 e. The third-order valence-corrected chi connectivity index (χ3v) is 12.6. The number of carbonyl (C=O) groups excluding carboxylic acids is 1. The first-order valence-electron chi connectivity index (χ1n) is 13.5. The third-order valence-electron chi connectivity index (χ3n) is 7.62. The maximum absolute atomic E-state index is 11.8. The van der Waals surface area contributed by atoms with Crippen molar-refractivity contribution in [3.05, 3.63) is 67.0 Å². The molecule has 0 bridgehead atoms. The zero-order valence-electron chi connectivity index (χ0n) is 23.6. The Morgan fingerprint density at radius 3 is 2.20 bits per heavy atom. The van der Waals surface area contributed by atoms with E-state index in [-0.39, 0.29) is 30.0 Å². The molecule has 216 valence electrons. The van der Waals surface area contributed by atoms with Crippen LogP contribution in [-0.2, 0) is 18.7 Å². The fourth-order valence-corrected chi connectivity index (χ4v) is 10.3. The summed E-state index contributed by atoms with van der Waals surface area (Å²) in [5.74, 6) is -0.932. The number of fused-ring (bicyclic) bond motifs is 1. The van der Waals surface area contributed by atoms with Gasteiger partial charge < -0.3 is 30.5 Å². The van der Waals surface area contributed by atoms with Crippen LogP contribution in [0, 0.1) is 5.92 Å². The van der Waals surface area contributed by atoms with Crippen LogP contribution in [0.25, 0.3) is 11.2 Å². The first-order chi connectivity index (χ1) is 19.5. The monoisotopic (exact) mass is 576 g/mol. The molecule has 0 aliphatic carbocycles. The van der Waals surface area contributed by atoms with Gasteiger partial charge in [0.1, 0.15) is 11.6 Å². The molecule has 1 aliphatic heterocycles. The molecule has 12 heteroatoms. The normalized spacial score (nSPS) is 21.3. The highest BCUT2D eigenvalue weighted by molar-refractivity contribution is 6.99. The van der Waals surface area contributed by atoms with Gasteiger partial charge >= 0.3 is 5.97 Å². The van der Waals surface area contributed by atoms with Crippen molar-refractivity contribution < 1.29 is 23.8 Å². The molecule has 3 heterocycles. The number of nitrogen functional groups attached to an aromatic ring is 2. The maximum atomic E-state index is 11.8. The standard InChI is InChI=1S/C29H36N6O5Si/c1-18(36)38-15-21-22(40-27(24(21)37)35-17-32-23-25(30)33-28(31)34-26(23)35)16-39-41(29(2,3)4,19-11-7-5-8-12-19)20-13-9-6-10-14-20/h5-14,17,21-22,24,27,37H,15-16H2,1-4H3,(H4,30,31,33,34). The molecule has 5 N–H and O–H groups in total. The second-order valence-corrected chi connectivity index (χ2v) is 15.6. The van der Waals surface area contributed by atoms with Crippen molar-refractivity contribution in [1.29, 1.82) is 0 Å². The van der Waals surface area contributed by atoms with Crippen LogP contribution < -0.4 is 21.8 Å². The van der Waals surface area contributed by atoms with E-state index in [2.05, 4.69) is 60.0 Å². The summed E-state index contributed by atoms with van der Waals surface area (Å²) in [6, 6.07) is 20.5. The maximum Gasteiger partial charge on any atom is 0.302 e. The molecule has 4 unspecified atom stereocenters. The predicted octanol–water partition coefficient (Wildman–Crippen LogP) is 2.00. The highest BCUT2D eigenvalue weighted by Gasteiger charge is 2.52. The SMILES string of the molecule is CC(=O)OCC1C(CO[Si](c2ccccc2)(c2ccccc2)C(C)(C)C)OC(n2cnc3c(N)nc(N)nc32)C1O. The van der Waals surface area contributed by atoms with E-state index in [0.717, 1.165) is 10.4 Å². The molecule has 0 spiro atoms. The molecule has 4 aromatic rings. The Bertz CT molecular complexity index is 1470. The van der Waals surface area contributed by atoms with Gasteiger partial charge in [-0.25, -0.2) is 4.98 Å². The minimum atomic E-state index is -2.90. The smallest absolute Gasteiger partial charge is 0.302 e. The first kappa shape index (κ1) is 28.7. The fraction of sp³-hybridized carbons (Fsp3) is 0.379. The van der Waals surface area contributed by atoms with E-state index in [1.54, 1.807) is 4.57 Å². The van der Waals surface area contributed by atoms with Gasteiger partial charge in [-0.05, 0) is 15.4 Å². The molecule has 2 aromatic carbocycles. The van der Waals surface area contributed by atoms with Gasteiger partial charge in [-0.15, -0.1) is 0 Å². The average molecular weight is 577 g/mol. The summed E-state index contributed by atoms with van der Waals surface area (Å²) in [6.45, 7) is 8.00. The van der Waals surface area contributed by atoms with Crippen LogP contribution in [0.5, 0.6) is 0 Å². The zero-order chi connectivity index (χ0) is 29.4. The molecule has 2 aromatic heterocycles. The van der Waals surface area contributed by atoms with Crippen molar-refractivity contribution in [1.82, 2.24) is 19.5 Å². The Morgan fingerprint density at radius 2 is 1.63 bits per heavy atom. The van der Waals surface area contributed by atoms with E-state index in [4.69, 9.17) is 25.4 Å². The van der Waals surface area contributed by atoms with Crippen molar-refractivity contribution in [3.63, 3.8) is 0 Å². The number of anilines is 2. The second kappa shape index (κ2) is 11.2. The number of aliphatic hydroxyl groups excluding tert-OH is 1. The highest BCUT2D eigenvalue weighted by atomic mass is 28.4. The van der Waals surface area contributed by atoms with E-state index in [1.807, 2.05) is 36.4 Å². The fourth-order valence-electron chi connectivity index (χ4n) is 5.72. The molecule has 0 amide bonds. The number of nitrogens with two attached hydrogens (primary N) is 2. The Hall–Kier alpha value is -3.84. The number of esters is 1. The van der Waals surface area contributed by atoms with Crippen molar-refractivity contribution in [2.24, 2.45) is 5.92 Å². The predicted molar refractivity (Wildman–Crippen MR) is 158 cm³/mol. The molecule has 1 saturated heterocycles. The van der Waals surface area contributed by atoms with Crippen LogP contribution in [0.1, 0.15) is 33.9 Å². The Morgan fingerprint density at radius 1 is 1.02 bits per heavy atom. The largest absolute Gasteiger partial charge is 0.465 e. The molecule has 1 fully saturated rings. The van der Waals surface area contributed by atoms with Crippen LogP contribution >= 0.6 is 0 Å². The van der Waals surface area contributed by atoms with E-state index in [9.17, 15) is 9.90 Å². The van der Waals surface area contributed by atoms with Gasteiger partial charge in [-0.2, -0.15) is 9.97 Å². The lowest BCUT2D eigenvalue weighted by atomic mass is 9.99. The number of aliphatic hydroxyl groups is 1. The Labute approximate surface area is 239 Å². The van der Waals surface area contributed by atoms with Crippen LogP contribution in [0.2, 0.25) is 5.04 Å². The van der Waals surface area contributed by atoms with Gasteiger partial charge in [0.25, 0.3) is 8.32 Å². The second-order valence-electron chi connectivity index (χ2n) is 11.3. The minimum absolute atomic E-state index is 0.0210. The number of carbonyl (C=O) groups is 1. The third kappa shape index (κ3) is 5.31. The lowest BCUT2D eigenvalue weighted by molar-refractivity contribution is -0.143. The van der Waals surface area contributed by atoms with Gasteiger partial charge in [-0.3, -0.25) is 9.36 Å². The molecule has 41 heavy (non-hydrogen) atoms. The molecule has 0 radical (unpaired) electrons. The van der Waals surface area contributed by atoms with Gasteiger partial charge in [0.15, 0.2) is 17.7 Å². The van der Waals surface area contributed by atoms with Gasteiger partial charge in [0, 0.05) is 6.92 Å². The van der Waals surface area contributed by atoms with Crippen molar-refractivity contribution in [2.45, 2.75) is 51.2 Å². The van der Waals surface area contributed by atoms with Crippen molar-refractivity contribution in [2.75, 3.05) is 24.7 Å².